The van der Waals surface area contributed by atoms with E-state index >= 15 is 0 Å². The Bertz CT molecular complexity index is 587. The van der Waals surface area contributed by atoms with Crippen LogP contribution in [-0.4, -0.2) is 19.7 Å². The van der Waals surface area contributed by atoms with Crippen LogP contribution in [0, 0.1) is 0 Å². The molecule has 0 spiro atoms. The molecule has 5 heteroatoms. The third-order valence-corrected chi connectivity index (χ3v) is 4.13. The molecule has 2 aromatic carbocycles. The number of likely N-dealkylation sites (N-methyl/N-ethyl adjacent to an activating group) is 1. The molecule has 2 rings (SSSR count). The molecule has 2 nitrogen and oxygen atoms in total. The summed E-state index contributed by atoms with van der Waals surface area (Å²) < 4.78 is 5.76. The van der Waals surface area contributed by atoms with E-state index in [0.717, 1.165) is 17.7 Å². The van der Waals surface area contributed by atoms with Crippen LogP contribution in [-0.2, 0) is 6.42 Å². The van der Waals surface area contributed by atoms with Crippen LogP contribution in [0.5, 0.6) is 5.75 Å². The Kier molecular flexibility index (Phi) is 6.19. The van der Waals surface area contributed by atoms with Crippen molar-refractivity contribution in [3.8, 4) is 5.75 Å². The summed E-state index contributed by atoms with van der Waals surface area (Å²) in [6.45, 7) is 0.554. The second-order valence-electron chi connectivity index (χ2n) is 4.70. The third-order valence-electron chi connectivity index (χ3n) is 3.14. The van der Waals surface area contributed by atoms with Gasteiger partial charge in [0.15, 0.2) is 0 Å². The van der Waals surface area contributed by atoms with Gasteiger partial charge in [0.1, 0.15) is 12.4 Å². The average molecular weight is 345 g/mol. The van der Waals surface area contributed by atoms with E-state index in [-0.39, 0.29) is 6.04 Å². The molecule has 0 aromatic heterocycles. The topological polar surface area (TPSA) is 21.3 Å². The highest BCUT2D eigenvalue weighted by Gasteiger charge is 2.10. The van der Waals surface area contributed by atoms with Gasteiger partial charge >= 0.3 is 0 Å². The molecular weight excluding hydrogens is 329 g/mol. The molecule has 0 aliphatic rings. The molecule has 1 N–H and O–H groups in total. The normalized spacial score (nSPS) is 12.2. The lowest BCUT2D eigenvalue weighted by Gasteiger charge is -2.17. The molecule has 2 aromatic rings. The number of benzene rings is 2. The van der Waals surface area contributed by atoms with E-state index in [1.165, 1.54) is 0 Å². The first-order valence-electron chi connectivity index (χ1n) is 6.58. The zero-order chi connectivity index (χ0) is 15.2. The van der Waals surface area contributed by atoms with Crippen LogP contribution in [0.3, 0.4) is 0 Å². The molecule has 0 aliphatic carbocycles. The van der Waals surface area contributed by atoms with Crippen molar-refractivity contribution in [1.82, 2.24) is 5.32 Å². The molecule has 0 fully saturated rings. The van der Waals surface area contributed by atoms with E-state index in [0.29, 0.717) is 21.7 Å². The number of nitrogens with one attached hydrogen (secondary N) is 1. The quantitative estimate of drug-likeness (QED) is 0.808. The van der Waals surface area contributed by atoms with E-state index in [1.807, 2.05) is 49.5 Å². The SMILES string of the molecule is CNC(COc1ccc(Cl)cc1)Cc1ccc(Cl)c(Cl)c1. The summed E-state index contributed by atoms with van der Waals surface area (Å²) in [7, 11) is 1.91. The first-order chi connectivity index (χ1) is 10.1. The minimum atomic E-state index is 0.179. The maximum Gasteiger partial charge on any atom is 0.119 e. The van der Waals surface area contributed by atoms with Gasteiger partial charge in [0, 0.05) is 11.1 Å². The van der Waals surface area contributed by atoms with Crippen molar-refractivity contribution in [2.24, 2.45) is 0 Å². The molecule has 0 aliphatic heterocycles. The van der Waals surface area contributed by atoms with Gasteiger partial charge in [-0.3, -0.25) is 0 Å². The number of rotatable bonds is 6. The molecule has 0 radical (unpaired) electrons. The predicted octanol–water partition coefficient (Wildman–Crippen LogP) is 4.86. The maximum absolute atomic E-state index is 6.03. The van der Waals surface area contributed by atoms with Crippen molar-refractivity contribution in [3.63, 3.8) is 0 Å². The van der Waals surface area contributed by atoms with Crippen molar-refractivity contribution in [1.29, 1.82) is 0 Å². The van der Waals surface area contributed by atoms with Gasteiger partial charge in [0.05, 0.1) is 10.0 Å². The summed E-state index contributed by atoms with van der Waals surface area (Å²) in [5.41, 5.74) is 1.11. The number of halogens is 3. The Morgan fingerprint density at radius 2 is 1.71 bits per heavy atom. The van der Waals surface area contributed by atoms with Crippen LogP contribution in [0.4, 0.5) is 0 Å². The first kappa shape index (κ1) is 16.4. The molecule has 0 bridgehead atoms. The minimum Gasteiger partial charge on any atom is -0.492 e. The number of ether oxygens (including phenoxy) is 1. The predicted molar refractivity (Wildman–Crippen MR) is 90.0 cm³/mol. The second kappa shape index (κ2) is 7.90. The van der Waals surface area contributed by atoms with Gasteiger partial charge in [0.2, 0.25) is 0 Å². The molecule has 1 unspecified atom stereocenters. The summed E-state index contributed by atoms with van der Waals surface area (Å²) in [4.78, 5) is 0. The fourth-order valence-corrected chi connectivity index (χ4v) is 2.37. The van der Waals surface area contributed by atoms with Crippen LogP contribution >= 0.6 is 34.8 Å². The lowest BCUT2D eigenvalue weighted by molar-refractivity contribution is 0.270. The molecule has 21 heavy (non-hydrogen) atoms. The van der Waals surface area contributed by atoms with E-state index in [1.54, 1.807) is 0 Å². The minimum absolute atomic E-state index is 0.179. The van der Waals surface area contributed by atoms with Crippen LogP contribution in [0.25, 0.3) is 0 Å². The highest BCUT2D eigenvalue weighted by molar-refractivity contribution is 6.42. The van der Waals surface area contributed by atoms with Crippen molar-refractivity contribution >= 4 is 34.8 Å². The molecule has 112 valence electrons. The monoisotopic (exact) mass is 343 g/mol. The van der Waals surface area contributed by atoms with E-state index < -0.39 is 0 Å². The summed E-state index contributed by atoms with van der Waals surface area (Å²) in [6.07, 6.45) is 0.807. The highest BCUT2D eigenvalue weighted by atomic mass is 35.5. The van der Waals surface area contributed by atoms with Crippen molar-refractivity contribution < 1.29 is 4.74 Å². The molecule has 0 amide bonds. The van der Waals surface area contributed by atoms with Gasteiger partial charge in [-0.15, -0.1) is 0 Å². The van der Waals surface area contributed by atoms with E-state index in [4.69, 9.17) is 39.5 Å². The Morgan fingerprint density at radius 3 is 2.33 bits per heavy atom. The molecule has 0 saturated heterocycles. The van der Waals surface area contributed by atoms with Gasteiger partial charge in [-0.05, 0) is 55.4 Å². The molecule has 0 heterocycles. The summed E-state index contributed by atoms with van der Waals surface area (Å²) in [5.74, 6) is 0.800. The maximum atomic E-state index is 6.03. The fraction of sp³-hybridized carbons (Fsp3) is 0.250. The highest BCUT2D eigenvalue weighted by Crippen LogP contribution is 2.23. The van der Waals surface area contributed by atoms with E-state index in [9.17, 15) is 0 Å². The van der Waals surface area contributed by atoms with Gasteiger partial charge in [-0.2, -0.15) is 0 Å². The van der Waals surface area contributed by atoms with Crippen LogP contribution in [0.1, 0.15) is 5.56 Å². The largest absolute Gasteiger partial charge is 0.492 e. The van der Waals surface area contributed by atoms with Crippen LogP contribution < -0.4 is 10.1 Å². The van der Waals surface area contributed by atoms with Gasteiger partial charge in [-0.25, -0.2) is 0 Å². The van der Waals surface area contributed by atoms with Gasteiger partial charge in [0.25, 0.3) is 0 Å². The second-order valence-corrected chi connectivity index (χ2v) is 5.95. The lowest BCUT2D eigenvalue weighted by Crippen LogP contribution is -2.33. The van der Waals surface area contributed by atoms with Crippen LogP contribution in [0.15, 0.2) is 42.5 Å². The Hall–Kier alpha value is -0.930. The summed E-state index contributed by atoms with van der Waals surface area (Å²) in [5, 5.41) is 5.08. The Balaban J connectivity index is 1.93. The molecule has 1 atom stereocenters. The average Bonchev–Trinajstić information content (AvgIpc) is 2.49. The van der Waals surface area contributed by atoms with Crippen molar-refractivity contribution in [3.05, 3.63) is 63.1 Å². The zero-order valence-corrected chi connectivity index (χ0v) is 13.8. The third kappa shape index (κ3) is 5.08. The molecular formula is C16H16Cl3NO. The smallest absolute Gasteiger partial charge is 0.119 e. The zero-order valence-electron chi connectivity index (χ0n) is 11.6. The van der Waals surface area contributed by atoms with Crippen molar-refractivity contribution in [2.45, 2.75) is 12.5 Å². The molecule has 0 saturated carbocycles. The Morgan fingerprint density at radius 1 is 1.00 bits per heavy atom. The van der Waals surface area contributed by atoms with Crippen LogP contribution in [0.2, 0.25) is 15.1 Å². The van der Waals surface area contributed by atoms with Crippen molar-refractivity contribution in [2.75, 3.05) is 13.7 Å². The summed E-state index contributed by atoms with van der Waals surface area (Å²) in [6, 6.07) is 13.2. The standard InChI is InChI=1S/C16H16Cl3NO/c1-20-13(8-11-2-7-15(18)16(19)9-11)10-21-14-5-3-12(17)4-6-14/h2-7,9,13,20H,8,10H2,1H3. The van der Waals surface area contributed by atoms with Gasteiger partial charge in [-0.1, -0.05) is 40.9 Å². The van der Waals surface area contributed by atoms with E-state index in [2.05, 4.69) is 5.32 Å². The fourth-order valence-electron chi connectivity index (χ4n) is 1.92. The summed E-state index contributed by atoms with van der Waals surface area (Å²) >= 11 is 17.8. The number of hydrogen-bond donors (Lipinski definition) is 1. The first-order valence-corrected chi connectivity index (χ1v) is 7.71. The Labute approximate surface area is 140 Å². The van der Waals surface area contributed by atoms with Gasteiger partial charge < -0.3 is 10.1 Å². The number of hydrogen-bond acceptors (Lipinski definition) is 2. The lowest BCUT2D eigenvalue weighted by atomic mass is 10.1.